The lowest BCUT2D eigenvalue weighted by Gasteiger charge is -2.36. The van der Waals surface area contributed by atoms with Crippen molar-refractivity contribution in [1.29, 1.82) is 0 Å². The highest BCUT2D eigenvalue weighted by atomic mass is 16.6. The average Bonchev–Trinajstić information content (AvgIpc) is 2.94. The molecule has 1 aromatic heterocycles. The Bertz CT molecular complexity index is 585. The molecule has 0 radical (unpaired) electrons. The molecule has 1 fully saturated rings. The Morgan fingerprint density at radius 2 is 1.92 bits per heavy atom. The van der Waals surface area contributed by atoms with E-state index in [1.54, 1.807) is 0 Å². The summed E-state index contributed by atoms with van der Waals surface area (Å²) >= 11 is 0. The van der Waals surface area contributed by atoms with Gasteiger partial charge < -0.3 is 14.5 Å². The summed E-state index contributed by atoms with van der Waals surface area (Å²) in [7, 11) is 0. The first-order valence-electron chi connectivity index (χ1n) is 9.34. The van der Waals surface area contributed by atoms with Gasteiger partial charge in [0, 0.05) is 30.4 Å². The van der Waals surface area contributed by atoms with E-state index in [0.717, 1.165) is 30.8 Å². The molecule has 1 aliphatic rings. The van der Waals surface area contributed by atoms with E-state index in [9.17, 15) is 4.79 Å². The quantitative estimate of drug-likeness (QED) is 0.786. The number of aromatic nitrogens is 1. The maximum Gasteiger partial charge on any atom is 0.410 e. The lowest BCUT2D eigenvalue weighted by atomic mass is 10.0. The van der Waals surface area contributed by atoms with E-state index in [1.807, 2.05) is 37.9 Å². The number of carbonyl (C=O) groups is 1. The van der Waals surface area contributed by atoms with Crippen LogP contribution in [0.15, 0.2) is 18.3 Å². The first-order valence-corrected chi connectivity index (χ1v) is 9.34. The van der Waals surface area contributed by atoms with Crippen LogP contribution >= 0.6 is 0 Å². The van der Waals surface area contributed by atoms with Gasteiger partial charge in [0.25, 0.3) is 0 Å². The molecular formula is C20H33N3O2. The Balaban J connectivity index is 2.36. The highest BCUT2D eigenvalue weighted by Gasteiger charge is 2.35. The van der Waals surface area contributed by atoms with Crippen molar-refractivity contribution in [2.24, 2.45) is 0 Å². The Labute approximate surface area is 152 Å². The second-order valence-corrected chi connectivity index (χ2v) is 8.34. The highest BCUT2D eigenvalue weighted by Crippen LogP contribution is 2.38. The van der Waals surface area contributed by atoms with Crippen LogP contribution in [0, 0.1) is 0 Å². The molecule has 1 atom stereocenters. The molecule has 1 amide bonds. The average molecular weight is 348 g/mol. The molecular weight excluding hydrogens is 314 g/mol. The predicted octanol–water partition coefficient (Wildman–Crippen LogP) is 4.78. The maximum atomic E-state index is 12.7. The number of hydrogen-bond donors (Lipinski definition) is 0. The number of amides is 1. The summed E-state index contributed by atoms with van der Waals surface area (Å²) in [5.41, 5.74) is 0.637. The third-order valence-corrected chi connectivity index (χ3v) is 4.41. The summed E-state index contributed by atoms with van der Waals surface area (Å²) in [5, 5.41) is 0. The smallest absolute Gasteiger partial charge is 0.410 e. The van der Waals surface area contributed by atoms with Crippen molar-refractivity contribution in [2.75, 3.05) is 11.4 Å². The van der Waals surface area contributed by atoms with Crippen molar-refractivity contribution in [2.45, 2.75) is 85.0 Å². The zero-order valence-electron chi connectivity index (χ0n) is 16.7. The van der Waals surface area contributed by atoms with Gasteiger partial charge >= 0.3 is 6.09 Å². The van der Waals surface area contributed by atoms with Crippen molar-refractivity contribution >= 4 is 11.9 Å². The minimum Gasteiger partial charge on any atom is -0.444 e. The number of hydrogen-bond acceptors (Lipinski definition) is 4. The third-order valence-electron chi connectivity index (χ3n) is 4.41. The van der Waals surface area contributed by atoms with Crippen LogP contribution in [0.1, 0.15) is 72.9 Å². The molecule has 1 aliphatic heterocycles. The molecule has 25 heavy (non-hydrogen) atoms. The van der Waals surface area contributed by atoms with E-state index in [2.05, 4.69) is 43.6 Å². The summed E-state index contributed by atoms with van der Waals surface area (Å²) in [5.74, 6) is 0.980. The van der Waals surface area contributed by atoms with Crippen molar-refractivity contribution in [3.05, 3.63) is 23.9 Å². The summed E-state index contributed by atoms with van der Waals surface area (Å²) in [6.45, 7) is 15.2. The number of ether oxygens (including phenoxy) is 1. The van der Waals surface area contributed by atoms with Gasteiger partial charge in [-0.15, -0.1) is 0 Å². The van der Waals surface area contributed by atoms with Crippen LogP contribution in [0.3, 0.4) is 0 Å². The zero-order chi connectivity index (χ0) is 18.8. The molecule has 0 bridgehead atoms. The van der Waals surface area contributed by atoms with Gasteiger partial charge in [-0.3, -0.25) is 0 Å². The summed E-state index contributed by atoms with van der Waals surface area (Å²) in [6.07, 6.45) is 3.54. The highest BCUT2D eigenvalue weighted by molar-refractivity contribution is 5.70. The number of likely N-dealkylation sites (tertiary alicyclic amines) is 1. The second kappa shape index (κ2) is 7.63. The van der Waals surface area contributed by atoms with E-state index >= 15 is 0 Å². The Morgan fingerprint density at radius 1 is 1.28 bits per heavy atom. The van der Waals surface area contributed by atoms with Crippen LogP contribution < -0.4 is 4.90 Å². The Hall–Kier alpha value is -1.78. The molecule has 5 heteroatoms. The molecule has 1 aromatic rings. The molecule has 2 heterocycles. The fourth-order valence-corrected chi connectivity index (χ4v) is 3.60. The molecule has 1 saturated heterocycles. The fraction of sp³-hybridized carbons (Fsp3) is 0.700. The normalized spacial score (nSPS) is 18.1. The first kappa shape index (κ1) is 19.5. The summed E-state index contributed by atoms with van der Waals surface area (Å²) < 4.78 is 5.62. The molecule has 5 nitrogen and oxygen atoms in total. The standard InChI is InChI=1S/C20H33N3O2/c1-14(2)23(15(3)4)18-16(10-8-12-21-18)17-11-9-13-22(17)19(24)25-20(5,6)7/h8,10,12,14-15,17H,9,11,13H2,1-7H3/t17-/m1/s1. The van der Waals surface area contributed by atoms with Crippen molar-refractivity contribution in [3.63, 3.8) is 0 Å². The van der Waals surface area contributed by atoms with Crippen LogP contribution in [-0.2, 0) is 4.74 Å². The first-order chi connectivity index (χ1) is 11.6. The molecule has 0 spiro atoms. The summed E-state index contributed by atoms with van der Waals surface area (Å²) in [4.78, 5) is 21.5. The van der Waals surface area contributed by atoms with Crippen LogP contribution in [0.25, 0.3) is 0 Å². The predicted molar refractivity (Wildman–Crippen MR) is 102 cm³/mol. The van der Waals surface area contributed by atoms with Gasteiger partial charge in [0.2, 0.25) is 0 Å². The molecule has 0 aromatic carbocycles. The second-order valence-electron chi connectivity index (χ2n) is 8.34. The monoisotopic (exact) mass is 347 g/mol. The van der Waals surface area contributed by atoms with Crippen molar-refractivity contribution in [3.8, 4) is 0 Å². The van der Waals surface area contributed by atoms with Gasteiger partial charge in [0.1, 0.15) is 11.4 Å². The van der Waals surface area contributed by atoms with Crippen LogP contribution in [0.2, 0.25) is 0 Å². The summed E-state index contributed by atoms with van der Waals surface area (Å²) in [6, 6.07) is 4.77. The molecule has 0 aliphatic carbocycles. The van der Waals surface area contributed by atoms with Crippen LogP contribution in [0.4, 0.5) is 10.6 Å². The zero-order valence-corrected chi connectivity index (χ0v) is 16.7. The fourth-order valence-electron chi connectivity index (χ4n) is 3.60. The number of anilines is 1. The number of carbonyl (C=O) groups excluding carboxylic acids is 1. The third kappa shape index (κ3) is 4.65. The van der Waals surface area contributed by atoms with E-state index in [0.29, 0.717) is 12.1 Å². The Morgan fingerprint density at radius 3 is 2.48 bits per heavy atom. The van der Waals surface area contributed by atoms with Gasteiger partial charge in [-0.1, -0.05) is 6.07 Å². The van der Waals surface area contributed by atoms with Gasteiger partial charge in [-0.05, 0) is 67.4 Å². The van der Waals surface area contributed by atoms with Crippen molar-refractivity contribution in [1.82, 2.24) is 9.88 Å². The minimum absolute atomic E-state index is 0.0264. The lowest BCUT2D eigenvalue weighted by molar-refractivity contribution is 0.0224. The molecule has 0 unspecified atom stereocenters. The molecule has 2 rings (SSSR count). The van der Waals surface area contributed by atoms with Gasteiger partial charge in [0.05, 0.1) is 6.04 Å². The lowest BCUT2D eigenvalue weighted by Crippen LogP contribution is -2.40. The number of rotatable bonds is 4. The van der Waals surface area contributed by atoms with Crippen molar-refractivity contribution < 1.29 is 9.53 Å². The Kier molecular flexibility index (Phi) is 5.96. The number of nitrogens with zero attached hydrogens (tertiary/aromatic N) is 3. The van der Waals surface area contributed by atoms with Crippen LogP contribution in [0.5, 0.6) is 0 Å². The van der Waals surface area contributed by atoms with E-state index in [1.165, 1.54) is 0 Å². The molecule has 140 valence electrons. The van der Waals surface area contributed by atoms with E-state index < -0.39 is 5.60 Å². The number of pyridine rings is 1. The molecule has 0 saturated carbocycles. The SMILES string of the molecule is CC(C)N(c1ncccc1[C@H]1CCCN1C(=O)OC(C)(C)C)C(C)C. The van der Waals surface area contributed by atoms with Gasteiger partial charge in [-0.25, -0.2) is 9.78 Å². The van der Waals surface area contributed by atoms with E-state index in [4.69, 9.17) is 4.74 Å². The topological polar surface area (TPSA) is 45.7 Å². The van der Waals surface area contributed by atoms with Crippen LogP contribution in [-0.4, -0.2) is 40.2 Å². The largest absolute Gasteiger partial charge is 0.444 e. The van der Waals surface area contributed by atoms with Gasteiger partial charge in [-0.2, -0.15) is 0 Å². The minimum atomic E-state index is -0.482. The molecule has 0 N–H and O–H groups in total. The van der Waals surface area contributed by atoms with Gasteiger partial charge in [0.15, 0.2) is 0 Å². The maximum absolute atomic E-state index is 12.7. The van der Waals surface area contributed by atoms with E-state index in [-0.39, 0.29) is 12.1 Å².